The number of pyridine rings is 1. The summed E-state index contributed by atoms with van der Waals surface area (Å²) in [6.45, 7) is 0.133. The number of alkyl carbamates (subject to hydrolysis) is 1. The molecular weight excluding hydrogens is 370 g/mol. The van der Waals surface area contributed by atoms with Crippen molar-refractivity contribution in [3.05, 3.63) is 64.4 Å². The van der Waals surface area contributed by atoms with Crippen LogP contribution < -0.4 is 5.32 Å². The van der Waals surface area contributed by atoms with Crippen molar-refractivity contribution < 1.29 is 18.3 Å². The third-order valence-electron chi connectivity index (χ3n) is 2.61. The highest BCUT2D eigenvalue weighted by molar-refractivity contribution is 9.10. The maximum atomic E-state index is 13.2. The largest absolute Gasteiger partial charge is 0.447 e. The zero-order chi connectivity index (χ0) is 17.2. The molecule has 120 valence electrons. The number of halogens is 3. The molecule has 0 radical (unpaired) electrons. The van der Waals surface area contributed by atoms with Gasteiger partial charge in [0.05, 0.1) is 6.04 Å². The predicted molar refractivity (Wildman–Crippen MR) is 85.4 cm³/mol. The minimum atomic E-state index is -0.594. The van der Waals surface area contributed by atoms with E-state index in [1.165, 1.54) is 18.3 Å². The molecule has 4 nitrogen and oxygen atoms in total. The number of cyclic esters (lactones) is 1. The maximum Gasteiger partial charge on any atom is 0.407 e. The van der Waals surface area contributed by atoms with Crippen LogP contribution in [0.15, 0.2) is 47.1 Å². The van der Waals surface area contributed by atoms with Crippen molar-refractivity contribution in [3.63, 3.8) is 0 Å². The average Bonchev–Trinajstić information content (AvgIpc) is 2.99. The molecule has 1 aromatic carbocycles. The summed E-state index contributed by atoms with van der Waals surface area (Å²) >= 11 is 3.18. The zero-order valence-corrected chi connectivity index (χ0v) is 13.5. The molecule has 1 aliphatic rings. The van der Waals surface area contributed by atoms with Crippen LogP contribution in [-0.4, -0.2) is 17.7 Å². The molecule has 23 heavy (non-hydrogen) atoms. The summed E-state index contributed by atoms with van der Waals surface area (Å²) in [7, 11) is 0. The molecule has 2 heterocycles. The van der Waals surface area contributed by atoms with E-state index in [-0.39, 0.29) is 12.4 Å². The normalized spacial score (nSPS) is 15.2. The van der Waals surface area contributed by atoms with Gasteiger partial charge < -0.3 is 10.1 Å². The second-order valence-corrected chi connectivity index (χ2v) is 5.04. The Morgan fingerprint density at radius 1 is 1.26 bits per heavy atom. The molecule has 1 amide bonds. The van der Waals surface area contributed by atoms with Gasteiger partial charge in [-0.1, -0.05) is 18.2 Å². The van der Waals surface area contributed by atoms with Crippen LogP contribution in [0.2, 0.25) is 0 Å². The number of benzene rings is 1. The molecule has 0 unspecified atom stereocenters. The van der Waals surface area contributed by atoms with Gasteiger partial charge in [-0.15, -0.1) is 12.8 Å². The Labute approximate surface area is 141 Å². The van der Waals surface area contributed by atoms with Crippen LogP contribution in [-0.2, 0) is 4.74 Å². The monoisotopic (exact) mass is 382 g/mol. The molecule has 0 saturated carbocycles. The number of terminal acetylenes is 1. The maximum absolute atomic E-state index is 13.2. The van der Waals surface area contributed by atoms with Crippen molar-refractivity contribution in [1.29, 1.82) is 0 Å². The number of amides is 1. The first-order valence-electron chi connectivity index (χ1n) is 6.34. The molecule has 0 bridgehead atoms. The van der Waals surface area contributed by atoms with Crippen molar-refractivity contribution in [2.45, 2.75) is 6.04 Å². The second-order valence-electron chi connectivity index (χ2n) is 4.12. The van der Waals surface area contributed by atoms with Crippen molar-refractivity contribution in [2.75, 3.05) is 6.61 Å². The summed E-state index contributed by atoms with van der Waals surface area (Å²) in [5, 5.41) is 2.48. The van der Waals surface area contributed by atoms with E-state index >= 15 is 0 Å². The molecule has 1 saturated heterocycles. The molecule has 7 heteroatoms. The average molecular weight is 383 g/mol. The second kappa shape index (κ2) is 9.54. The van der Waals surface area contributed by atoms with E-state index in [1.54, 1.807) is 24.3 Å². The molecular formula is C16H13BrF2N2O2. The van der Waals surface area contributed by atoms with Crippen LogP contribution in [0.5, 0.6) is 0 Å². The first-order chi connectivity index (χ1) is 11.1. The Bertz CT molecular complexity index is 666. The molecule has 0 aliphatic carbocycles. The van der Waals surface area contributed by atoms with Gasteiger partial charge in [0, 0.05) is 16.2 Å². The van der Waals surface area contributed by atoms with Crippen LogP contribution in [0.3, 0.4) is 0 Å². The molecule has 3 rings (SSSR count). The quantitative estimate of drug-likeness (QED) is 0.602. The first-order valence-corrected chi connectivity index (χ1v) is 7.13. The van der Waals surface area contributed by atoms with Crippen LogP contribution >= 0.6 is 15.9 Å². The van der Waals surface area contributed by atoms with E-state index in [1.807, 2.05) is 0 Å². The fourth-order valence-electron chi connectivity index (χ4n) is 1.65. The Morgan fingerprint density at radius 3 is 2.39 bits per heavy atom. The van der Waals surface area contributed by atoms with Gasteiger partial charge in [-0.3, -0.25) is 0 Å². The van der Waals surface area contributed by atoms with Gasteiger partial charge in [-0.2, -0.15) is 4.39 Å². The highest BCUT2D eigenvalue weighted by Crippen LogP contribution is 2.22. The van der Waals surface area contributed by atoms with Crippen molar-refractivity contribution in [3.8, 4) is 12.8 Å². The van der Waals surface area contributed by atoms with Gasteiger partial charge in [0.2, 0.25) is 5.95 Å². The van der Waals surface area contributed by atoms with E-state index in [4.69, 9.17) is 0 Å². The van der Waals surface area contributed by atoms with E-state index < -0.39 is 18.1 Å². The van der Waals surface area contributed by atoms with E-state index in [0.29, 0.717) is 10.0 Å². The summed E-state index contributed by atoms with van der Waals surface area (Å²) < 4.78 is 30.4. The van der Waals surface area contributed by atoms with Gasteiger partial charge >= 0.3 is 6.09 Å². The van der Waals surface area contributed by atoms with Gasteiger partial charge in [0.1, 0.15) is 12.4 Å². The van der Waals surface area contributed by atoms with Gasteiger partial charge in [-0.05, 0) is 34.1 Å². The topological polar surface area (TPSA) is 51.2 Å². The van der Waals surface area contributed by atoms with Crippen LogP contribution in [0.4, 0.5) is 13.6 Å². The third kappa shape index (κ3) is 6.04. The van der Waals surface area contributed by atoms with Gasteiger partial charge in [-0.25, -0.2) is 14.2 Å². The Hall–Kier alpha value is -2.46. The minimum absolute atomic E-state index is 0.133. The molecule has 1 fully saturated rings. The zero-order valence-electron chi connectivity index (χ0n) is 11.9. The standard InChI is InChI=1S/C8H6BrFN2O2.C6H5F.C2H2/c9-4-1-5(7(10)11-2-4)6-3-14-8(13)12-6;7-6-4-2-1-3-5-6;1-2/h1-2,6H,3H2,(H,12,13);1-5H;1-2H/t6-;;/m0../s1. The van der Waals surface area contributed by atoms with E-state index in [9.17, 15) is 13.6 Å². The van der Waals surface area contributed by atoms with Crippen molar-refractivity contribution in [1.82, 2.24) is 10.3 Å². The summed E-state index contributed by atoms with van der Waals surface area (Å²) in [6, 6.07) is 9.06. The van der Waals surface area contributed by atoms with E-state index in [2.05, 4.69) is 43.8 Å². The first kappa shape index (κ1) is 18.6. The molecule has 2 aromatic rings. The lowest BCUT2D eigenvalue weighted by Gasteiger charge is -2.07. The fraction of sp³-hybridized carbons (Fsp3) is 0.125. The molecule has 1 aliphatic heterocycles. The molecule has 0 spiro atoms. The van der Waals surface area contributed by atoms with E-state index in [0.717, 1.165) is 0 Å². The highest BCUT2D eigenvalue weighted by Gasteiger charge is 2.26. The number of nitrogens with one attached hydrogen (secondary N) is 1. The fourth-order valence-corrected chi connectivity index (χ4v) is 2.00. The Morgan fingerprint density at radius 2 is 1.91 bits per heavy atom. The number of nitrogens with zero attached hydrogens (tertiary/aromatic N) is 1. The number of rotatable bonds is 1. The lowest BCUT2D eigenvalue weighted by molar-refractivity contribution is 0.176. The summed E-state index contributed by atoms with van der Waals surface area (Å²) in [4.78, 5) is 14.3. The van der Waals surface area contributed by atoms with Gasteiger partial charge in [0.25, 0.3) is 0 Å². The number of carbonyl (C=O) groups is 1. The molecule has 1 atom stereocenters. The molecule has 1 N–H and O–H groups in total. The van der Waals surface area contributed by atoms with Gasteiger partial charge in [0.15, 0.2) is 0 Å². The number of hydrogen-bond acceptors (Lipinski definition) is 3. The van der Waals surface area contributed by atoms with Crippen LogP contribution in [0.25, 0.3) is 0 Å². The number of carbonyl (C=O) groups excluding carboxylic acids is 1. The third-order valence-corrected chi connectivity index (χ3v) is 3.05. The molecule has 1 aromatic heterocycles. The summed E-state index contributed by atoms with van der Waals surface area (Å²) in [5.41, 5.74) is 0.324. The smallest absolute Gasteiger partial charge is 0.407 e. The van der Waals surface area contributed by atoms with Crippen LogP contribution in [0, 0.1) is 24.6 Å². The highest BCUT2D eigenvalue weighted by atomic mass is 79.9. The number of hydrogen-bond donors (Lipinski definition) is 1. The van der Waals surface area contributed by atoms with Crippen LogP contribution in [0.1, 0.15) is 11.6 Å². The Kier molecular flexibility index (Phi) is 7.71. The van der Waals surface area contributed by atoms with Crippen molar-refractivity contribution >= 4 is 22.0 Å². The summed E-state index contributed by atoms with van der Waals surface area (Å²) in [5.74, 6) is -0.772. The lowest BCUT2D eigenvalue weighted by atomic mass is 10.1. The SMILES string of the molecule is C#C.Fc1ccccc1.O=C1N[C@H](c2cc(Br)cnc2F)CO1. The van der Waals surface area contributed by atoms with Crippen molar-refractivity contribution in [2.24, 2.45) is 0 Å². The predicted octanol–water partition coefficient (Wildman–Crippen LogP) is 3.84. The number of ether oxygens (including phenoxy) is 1. The summed E-state index contributed by atoms with van der Waals surface area (Å²) in [6.07, 6.45) is 8.82. The Balaban J connectivity index is 0.000000247. The lowest BCUT2D eigenvalue weighted by Crippen LogP contribution is -2.19. The number of aromatic nitrogens is 1. The minimum Gasteiger partial charge on any atom is -0.447 e.